The minimum Gasteiger partial charge on any atom is -0.338 e. The summed E-state index contributed by atoms with van der Waals surface area (Å²) in [6, 6.07) is 6.51. The summed E-state index contributed by atoms with van der Waals surface area (Å²) in [7, 11) is -3.54. The molecule has 1 aromatic heterocycles. The van der Waals surface area contributed by atoms with Crippen LogP contribution in [0, 0.1) is 0 Å². The lowest BCUT2D eigenvalue weighted by Crippen LogP contribution is -2.42. The van der Waals surface area contributed by atoms with Gasteiger partial charge in [-0.05, 0) is 69.7 Å². The van der Waals surface area contributed by atoms with Crippen LogP contribution in [0.1, 0.15) is 86.2 Å². The van der Waals surface area contributed by atoms with Crippen molar-refractivity contribution in [2.75, 3.05) is 19.6 Å². The Labute approximate surface area is 202 Å². The summed E-state index contributed by atoms with van der Waals surface area (Å²) in [4.78, 5) is 15.5. The van der Waals surface area contributed by atoms with Crippen molar-refractivity contribution in [1.29, 1.82) is 0 Å². The first-order valence-corrected chi connectivity index (χ1v) is 14.2. The SMILES string of the molecule is C[C@H]1CCCCN1S(=O)(=O)c1ccc(C(=O)N2CCC[C@H](c3nnc4n3CCCCC4)C2)cc1. The zero-order chi connectivity index (χ0) is 23.7. The van der Waals surface area contributed by atoms with Crippen molar-refractivity contribution in [3.63, 3.8) is 0 Å². The predicted molar refractivity (Wildman–Crippen MR) is 129 cm³/mol. The van der Waals surface area contributed by atoms with Crippen molar-refractivity contribution in [2.24, 2.45) is 0 Å². The summed E-state index contributed by atoms with van der Waals surface area (Å²) in [5, 5.41) is 8.97. The minimum atomic E-state index is -3.54. The molecule has 1 amide bonds. The Balaban J connectivity index is 1.30. The molecule has 2 atom stereocenters. The van der Waals surface area contributed by atoms with Gasteiger partial charge in [0.2, 0.25) is 10.0 Å². The van der Waals surface area contributed by atoms with Crippen LogP contribution >= 0.6 is 0 Å². The zero-order valence-electron chi connectivity index (χ0n) is 20.0. The Morgan fingerprint density at radius 1 is 0.912 bits per heavy atom. The molecule has 4 heterocycles. The van der Waals surface area contributed by atoms with Gasteiger partial charge in [0.05, 0.1) is 4.90 Å². The standard InChI is InChI=1S/C25H35N5O3S/c1-19-8-4-6-17-30(19)34(32,33)22-13-11-20(12-14-22)25(31)28-15-7-9-21(18-28)24-27-26-23-10-3-2-5-16-29(23)24/h11-14,19,21H,2-10,15-18H2,1H3/t19-,21-/m0/s1. The van der Waals surface area contributed by atoms with Gasteiger partial charge in [-0.3, -0.25) is 4.79 Å². The molecule has 0 unspecified atom stereocenters. The van der Waals surface area contributed by atoms with Gasteiger partial charge in [-0.15, -0.1) is 10.2 Å². The van der Waals surface area contributed by atoms with Crippen molar-refractivity contribution < 1.29 is 13.2 Å². The van der Waals surface area contributed by atoms with E-state index in [1.807, 2.05) is 11.8 Å². The smallest absolute Gasteiger partial charge is 0.253 e. The second-order valence-corrected chi connectivity index (χ2v) is 11.9. The van der Waals surface area contributed by atoms with E-state index in [1.165, 1.54) is 6.42 Å². The molecule has 2 saturated heterocycles. The van der Waals surface area contributed by atoms with Gasteiger partial charge in [0.25, 0.3) is 5.91 Å². The lowest BCUT2D eigenvalue weighted by Gasteiger charge is -2.33. The average molecular weight is 486 g/mol. The van der Waals surface area contributed by atoms with Gasteiger partial charge >= 0.3 is 0 Å². The molecule has 184 valence electrons. The number of hydrogen-bond donors (Lipinski definition) is 0. The summed E-state index contributed by atoms with van der Waals surface area (Å²) >= 11 is 0. The van der Waals surface area contributed by atoms with Crippen LogP contribution in [0.5, 0.6) is 0 Å². The van der Waals surface area contributed by atoms with Gasteiger partial charge in [-0.2, -0.15) is 4.31 Å². The van der Waals surface area contributed by atoms with Crippen LogP contribution in [0.4, 0.5) is 0 Å². The highest BCUT2D eigenvalue weighted by atomic mass is 32.2. The normalized spacial score (nSPS) is 24.4. The quantitative estimate of drug-likeness (QED) is 0.660. The van der Waals surface area contributed by atoms with E-state index in [0.717, 1.165) is 69.6 Å². The van der Waals surface area contributed by atoms with Crippen molar-refractivity contribution in [2.45, 2.75) is 88.1 Å². The molecule has 0 N–H and O–H groups in total. The summed E-state index contributed by atoms with van der Waals surface area (Å²) in [5.74, 6) is 2.25. The van der Waals surface area contributed by atoms with Crippen LogP contribution in [-0.4, -0.2) is 64.0 Å². The molecule has 34 heavy (non-hydrogen) atoms. The fourth-order valence-corrected chi connectivity index (χ4v) is 7.40. The average Bonchev–Trinajstić information content (AvgIpc) is 3.12. The molecule has 0 spiro atoms. The molecule has 8 nitrogen and oxygen atoms in total. The van der Waals surface area contributed by atoms with Gasteiger partial charge in [0.15, 0.2) is 0 Å². The number of amides is 1. The number of aromatic nitrogens is 3. The van der Waals surface area contributed by atoms with Crippen molar-refractivity contribution in [3.05, 3.63) is 41.5 Å². The third-order valence-corrected chi connectivity index (χ3v) is 9.69. The van der Waals surface area contributed by atoms with Crippen molar-refractivity contribution in [3.8, 4) is 0 Å². The summed E-state index contributed by atoms with van der Waals surface area (Å²) in [6.07, 6.45) is 9.30. The molecule has 0 bridgehead atoms. The van der Waals surface area contributed by atoms with Crippen LogP contribution in [0.3, 0.4) is 0 Å². The van der Waals surface area contributed by atoms with Crippen LogP contribution in [0.15, 0.2) is 29.2 Å². The molecule has 0 radical (unpaired) electrons. The van der Waals surface area contributed by atoms with E-state index in [9.17, 15) is 13.2 Å². The lowest BCUT2D eigenvalue weighted by molar-refractivity contribution is 0.0703. The Morgan fingerprint density at radius 3 is 2.50 bits per heavy atom. The minimum absolute atomic E-state index is 0.0116. The maximum absolute atomic E-state index is 13.3. The molecule has 2 aromatic rings. The topological polar surface area (TPSA) is 88.4 Å². The van der Waals surface area contributed by atoms with Gasteiger partial charge in [0.1, 0.15) is 11.6 Å². The number of fused-ring (bicyclic) bond motifs is 1. The largest absolute Gasteiger partial charge is 0.338 e. The maximum Gasteiger partial charge on any atom is 0.253 e. The van der Waals surface area contributed by atoms with E-state index in [-0.39, 0.29) is 22.8 Å². The van der Waals surface area contributed by atoms with Crippen LogP contribution in [0.25, 0.3) is 0 Å². The molecule has 3 aliphatic rings. The highest BCUT2D eigenvalue weighted by Crippen LogP contribution is 2.29. The number of aryl methyl sites for hydroxylation is 1. The molecule has 0 aliphatic carbocycles. The van der Waals surface area contributed by atoms with E-state index >= 15 is 0 Å². The zero-order valence-corrected chi connectivity index (χ0v) is 20.8. The highest BCUT2D eigenvalue weighted by Gasteiger charge is 2.32. The first-order chi connectivity index (χ1) is 16.4. The molecule has 5 rings (SSSR count). The van der Waals surface area contributed by atoms with E-state index < -0.39 is 10.0 Å². The molecular weight excluding hydrogens is 450 g/mol. The highest BCUT2D eigenvalue weighted by molar-refractivity contribution is 7.89. The van der Waals surface area contributed by atoms with Gasteiger partial charge < -0.3 is 9.47 Å². The second kappa shape index (κ2) is 9.77. The summed E-state index contributed by atoms with van der Waals surface area (Å²) in [5.41, 5.74) is 0.534. The summed E-state index contributed by atoms with van der Waals surface area (Å²) in [6.45, 7) is 4.83. The molecular formula is C25H35N5O3S. The number of piperidine rings is 2. The summed E-state index contributed by atoms with van der Waals surface area (Å²) < 4.78 is 30.1. The Kier molecular flexibility index (Phi) is 6.75. The molecule has 2 fully saturated rings. The van der Waals surface area contributed by atoms with E-state index in [4.69, 9.17) is 0 Å². The lowest BCUT2D eigenvalue weighted by atomic mass is 9.96. The molecule has 9 heteroatoms. The fraction of sp³-hybridized carbons (Fsp3) is 0.640. The number of hydrogen-bond acceptors (Lipinski definition) is 5. The van der Waals surface area contributed by atoms with E-state index in [0.29, 0.717) is 25.2 Å². The van der Waals surface area contributed by atoms with Crippen LogP contribution in [-0.2, 0) is 23.0 Å². The van der Waals surface area contributed by atoms with Gasteiger partial charge in [-0.1, -0.05) is 12.8 Å². The number of carbonyl (C=O) groups excluding carboxylic acids is 1. The fourth-order valence-electron chi connectivity index (χ4n) is 5.70. The number of carbonyl (C=O) groups is 1. The number of likely N-dealkylation sites (tertiary alicyclic amines) is 1. The Hall–Kier alpha value is -2.26. The second-order valence-electron chi connectivity index (χ2n) is 10.0. The number of rotatable bonds is 4. The molecule has 0 saturated carbocycles. The van der Waals surface area contributed by atoms with Gasteiger partial charge in [0, 0.05) is 50.1 Å². The molecule has 1 aromatic carbocycles. The van der Waals surface area contributed by atoms with Crippen molar-refractivity contribution in [1.82, 2.24) is 24.0 Å². The van der Waals surface area contributed by atoms with E-state index in [1.54, 1.807) is 28.6 Å². The van der Waals surface area contributed by atoms with Crippen molar-refractivity contribution >= 4 is 15.9 Å². The maximum atomic E-state index is 13.3. The Bertz CT molecular complexity index is 1130. The molecule has 3 aliphatic heterocycles. The number of nitrogens with zero attached hydrogens (tertiary/aromatic N) is 5. The van der Waals surface area contributed by atoms with Gasteiger partial charge in [-0.25, -0.2) is 8.42 Å². The predicted octanol–water partition coefficient (Wildman–Crippen LogP) is 3.59. The monoisotopic (exact) mass is 485 g/mol. The first kappa shape index (κ1) is 23.5. The Morgan fingerprint density at radius 2 is 1.71 bits per heavy atom. The third kappa shape index (κ3) is 4.52. The van der Waals surface area contributed by atoms with Crippen LogP contribution in [0.2, 0.25) is 0 Å². The number of sulfonamides is 1. The third-order valence-electron chi connectivity index (χ3n) is 7.66. The van der Waals surface area contributed by atoms with Crippen LogP contribution < -0.4 is 0 Å². The van der Waals surface area contributed by atoms with E-state index in [2.05, 4.69) is 14.8 Å². The first-order valence-electron chi connectivity index (χ1n) is 12.8. The number of benzene rings is 1.